The van der Waals surface area contributed by atoms with Gasteiger partial charge >= 0.3 is 0 Å². The summed E-state index contributed by atoms with van der Waals surface area (Å²) in [6.45, 7) is 5.81. The van der Waals surface area contributed by atoms with Crippen molar-refractivity contribution in [2.24, 2.45) is 5.92 Å². The number of fused-ring (bicyclic) bond motifs is 1. The van der Waals surface area contributed by atoms with Gasteiger partial charge in [-0.25, -0.2) is 8.78 Å². The van der Waals surface area contributed by atoms with Gasteiger partial charge in [-0.2, -0.15) is 0 Å². The number of rotatable bonds is 7. The standard InChI is InChI=1S/C27H33F2N3O3/c1-15-12-24(35-5)19(27(34)30-15)10-11-23(33)25-16(2)32(22-9-7-6-8-18(22)25)17(3)26-20(28)13-31(4)14-21(26)29/h6-9,12,17,20-21,26H,10-11,13-14H2,1-5H3,(H,30,34)/t17-,20?,21?,26?/m1/s1. The molecule has 3 aromatic rings. The van der Waals surface area contributed by atoms with Crippen LogP contribution < -0.4 is 10.3 Å². The Morgan fingerprint density at radius 3 is 2.51 bits per heavy atom. The van der Waals surface area contributed by atoms with Crippen molar-refractivity contribution in [1.29, 1.82) is 0 Å². The number of benzene rings is 1. The molecule has 1 saturated heterocycles. The van der Waals surface area contributed by atoms with E-state index in [0.717, 1.165) is 10.9 Å². The maximum Gasteiger partial charge on any atom is 0.255 e. The van der Waals surface area contributed by atoms with Crippen LogP contribution in [0, 0.1) is 19.8 Å². The van der Waals surface area contributed by atoms with Gasteiger partial charge in [0, 0.05) is 59.3 Å². The zero-order valence-electron chi connectivity index (χ0n) is 20.9. The smallest absolute Gasteiger partial charge is 0.255 e. The molecule has 0 amide bonds. The molecule has 1 aliphatic rings. The van der Waals surface area contributed by atoms with Crippen molar-refractivity contribution in [3.63, 3.8) is 0 Å². The van der Waals surface area contributed by atoms with Crippen LogP contribution in [0.4, 0.5) is 8.78 Å². The molecule has 4 rings (SSSR count). The number of methoxy groups -OCH3 is 1. The fourth-order valence-corrected chi connectivity index (χ4v) is 5.65. The molecule has 1 fully saturated rings. The van der Waals surface area contributed by atoms with Gasteiger partial charge in [-0.1, -0.05) is 18.2 Å². The van der Waals surface area contributed by atoms with Gasteiger partial charge in [0.1, 0.15) is 18.1 Å². The highest BCUT2D eigenvalue weighted by Crippen LogP contribution is 2.38. The normalized spacial score (nSPS) is 21.9. The van der Waals surface area contributed by atoms with E-state index < -0.39 is 24.3 Å². The predicted octanol–water partition coefficient (Wildman–Crippen LogP) is 4.57. The van der Waals surface area contributed by atoms with Gasteiger partial charge in [-0.3, -0.25) is 9.59 Å². The first-order valence-electron chi connectivity index (χ1n) is 12.0. The van der Waals surface area contributed by atoms with Crippen molar-refractivity contribution in [3.05, 3.63) is 63.2 Å². The van der Waals surface area contributed by atoms with E-state index in [2.05, 4.69) is 4.98 Å². The molecule has 188 valence electrons. The fraction of sp³-hybridized carbons (Fsp3) is 0.481. The van der Waals surface area contributed by atoms with E-state index in [1.54, 1.807) is 24.9 Å². The van der Waals surface area contributed by atoms with Gasteiger partial charge < -0.3 is 19.2 Å². The van der Waals surface area contributed by atoms with Gasteiger partial charge in [0.05, 0.1) is 12.7 Å². The number of Topliss-reactive ketones (excluding diaryl/α,β-unsaturated/α-hetero) is 1. The summed E-state index contributed by atoms with van der Waals surface area (Å²) in [5.41, 5.74) is 2.84. The van der Waals surface area contributed by atoms with Crippen molar-refractivity contribution in [3.8, 4) is 5.75 Å². The largest absolute Gasteiger partial charge is 0.496 e. The molecule has 1 N–H and O–H groups in total. The van der Waals surface area contributed by atoms with Crippen LogP contribution in [-0.4, -0.2) is 59.8 Å². The summed E-state index contributed by atoms with van der Waals surface area (Å²) >= 11 is 0. The Balaban J connectivity index is 1.69. The second-order valence-corrected chi connectivity index (χ2v) is 9.67. The summed E-state index contributed by atoms with van der Waals surface area (Å²) in [5, 5.41) is 0.755. The molecular weight excluding hydrogens is 452 g/mol. The Bertz CT molecular complexity index is 1290. The van der Waals surface area contributed by atoms with Crippen molar-refractivity contribution in [2.45, 2.75) is 52.0 Å². The van der Waals surface area contributed by atoms with Crippen LogP contribution in [0.15, 0.2) is 35.1 Å². The summed E-state index contributed by atoms with van der Waals surface area (Å²) < 4.78 is 37.3. The van der Waals surface area contributed by atoms with E-state index in [9.17, 15) is 9.59 Å². The maximum absolute atomic E-state index is 15.0. The topological polar surface area (TPSA) is 67.3 Å². The van der Waals surface area contributed by atoms with Crippen LogP contribution in [0.3, 0.4) is 0 Å². The zero-order valence-corrected chi connectivity index (χ0v) is 20.9. The molecule has 3 heterocycles. The van der Waals surface area contributed by atoms with E-state index in [1.807, 2.05) is 42.7 Å². The van der Waals surface area contributed by atoms with Crippen LogP contribution in [0.5, 0.6) is 5.75 Å². The van der Waals surface area contributed by atoms with Crippen molar-refractivity contribution >= 4 is 16.7 Å². The molecule has 0 spiro atoms. The minimum atomic E-state index is -1.31. The number of ether oxygens (including phenoxy) is 1. The fourth-order valence-electron chi connectivity index (χ4n) is 5.65. The number of nitrogens with zero attached hydrogens (tertiary/aromatic N) is 2. The summed E-state index contributed by atoms with van der Waals surface area (Å²) in [4.78, 5) is 30.4. The monoisotopic (exact) mass is 485 g/mol. The van der Waals surface area contributed by atoms with E-state index in [0.29, 0.717) is 28.3 Å². The number of nitrogens with one attached hydrogen (secondary N) is 1. The van der Waals surface area contributed by atoms with Crippen LogP contribution in [0.1, 0.15) is 46.7 Å². The number of carbonyl (C=O) groups excluding carboxylic acids is 1. The van der Waals surface area contributed by atoms with Crippen LogP contribution in [-0.2, 0) is 6.42 Å². The lowest BCUT2D eigenvalue weighted by Crippen LogP contribution is -2.49. The number of hydrogen-bond acceptors (Lipinski definition) is 4. The number of H-pyrrole nitrogens is 1. The lowest BCUT2D eigenvalue weighted by molar-refractivity contribution is 0.00512. The number of aryl methyl sites for hydroxylation is 1. The minimum absolute atomic E-state index is 0.109. The lowest BCUT2D eigenvalue weighted by Gasteiger charge is -2.39. The second-order valence-electron chi connectivity index (χ2n) is 9.67. The third-order valence-corrected chi connectivity index (χ3v) is 7.26. The van der Waals surface area contributed by atoms with Crippen molar-refractivity contribution in [2.75, 3.05) is 27.2 Å². The number of alkyl halides is 2. The molecule has 0 bridgehead atoms. The van der Waals surface area contributed by atoms with Gasteiger partial charge in [0.2, 0.25) is 0 Å². The Morgan fingerprint density at radius 2 is 1.86 bits per heavy atom. The number of carbonyl (C=O) groups is 1. The molecule has 3 atom stereocenters. The highest BCUT2D eigenvalue weighted by molar-refractivity contribution is 6.09. The molecule has 0 saturated carbocycles. The van der Waals surface area contributed by atoms with Gasteiger partial charge in [-0.15, -0.1) is 0 Å². The first-order chi connectivity index (χ1) is 16.6. The number of para-hydroxylation sites is 1. The third kappa shape index (κ3) is 4.63. The lowest BCUT2D eigenvalue weighted by atomic mass is 9.87. The quantitative estimate of drug-likeness (QED) is 0.498. The molecule has 0 radical (unpaired) electrons. The molecule has 2 unspecified atom stereocenters. The van der Waals surface area contributed by atoms with Crippen molar-refractivity contribution in [1.82, 2.24) is 14.5 Å². The van der Waals surface area contributed by atoms with Crippen LogP contribution >= 0.6 is 0 Å². The van der Waals surface area contributed by atoms with Gasteiger partial charge in [-0.05, 0) is 46.4 Å². The summed E-state index contributed by atoms with van der Waals surface area (Å²) in [7, 11) is 3.22. The molecule has 1 aromatic carbocycles. The summed E-state index contributed by atoms with van der Waals surface area (Å²) in [6.07, 6.45) is -2.28. The number of ketones is 1. The van der Waals surface area contributed by atoms with E-state index in [-0.39, 0.29) is 37.3 Å². The Hall–Kier alpha value is -3.00. The average molecular weight is 486 g/mol. The molecule has 0 aliphatic carbocycles. The first-order valence-corrected chi connectivity index (χ1v) is 12.0. The number of aromatic amines is 1. The van der Waals surface area contributed by atoms with Gasteiger partial charge in [0.15, 0.2) is 5.78 Å². The van der Waals surface area contributed by atoms with E-state index in [4.69, 9.17) is 4.74 Å². The van der Waals surface area contributed by atoms with Crippen molar-refractivity contribution < 1.29 is 18.3 Å². The average Bonchev–Trinajstić information content (AvgIpc) is 3.08. The molecular formula is C27H33F2N3O3. The zero-order chi connectivity index (χ0) is 25.4. The number of pyridine rings is 1. The number of likely N-dealkylation sites (tertiary alicyclic amines) is 1. The molecule has 1 aliphatic heterocycles. The maximum atomic E-state index is 15.0. The minimum Gasteiger partial charge on any atom is -0.496 e. The highest BCUT2D eigenvalue weighted by Gasteiger charge is 2.41. The van der Waals surface area contributed by atoms with Gasteiger partial charge in [0.25, 0.3) is 5.56 Å². The first kappa shape index (κ1) is 25.1. The molecule has 6 nitrogen and oxygen atoms in total. The summed E-state index contributed by atoms with van der Waals surface area (Å²) in [5.74, 6) is -0.472. The SMILES string of the molecule is COc1cc(C)[nH]c(=O)c1CCC(=O)c1c(C)n([C@H](C)C2C(F)CN(C)CC2F)c2ccccc12. The second kappa shape index (κ2) is 9.93. The Kier molecular flexibility index (Phi) is 7.12. The molecule has 35 heavy (non-hydrogen) atoms. The van der Waals surface area contributed by atoms with Crippen LogP contribution in [0.25, 0.3) is 10.9 Å². The van der Waals surface area contributed by atoms with E-state index in [1.165, 1.54) is 7.11 Å². The molecule has 8 heteroatoms. The number of aromatic nitrogens is 2. The number of halogens is 2. The third-order valence-electron chi connectivity index (χ3n) is 7.26. The predicted molar refractivity (Wildman–Crippen MR) is 133 cm³/mol. The molecule has 2 aromatic heterocycles. The van der Waals surface area contributed by atoms with Crippen LogP contribution in [0.2, 0.25) is 0 Å². The number of piperidine rings is 1. The highest BCUT2D eigenvalue weighted by atomic mass is 19.1. The Labute approximate surface area is 203 Å². The summed E-state index contributed by atoms with van der Waals surface area (Å²) in [6, 6.07) is 8.74. The number of hydrogen-bond donors (Lipinski definition) is 1. The van der Waals surface area contributed by atoms with E-state index >= 15 is 8.78 Å². The Morgan fingerprint density at radius 1 is 1.20 bits per heavy atom.